The molecule has 0 aliphatic rings. The molecule has 0 radical (unpaired) electrons. The van der Waals surface area contributed by atoms with E-state index in [1.54, 1.807) is 19.1 Å². The number of nitrogens with two attached hydrogens (primary N) is 1. The van der Waals surface area contributed by atoms with Crippen LogP contribution < -0.4 is 10.5 Å². The molecular weight excluding hydrogens is 249 g/mol. The van der Waals surface area contributed by atoms with E-state index in [1.807, 2.05) is 6.92 Å². The van der Waals surface area contributed by atoms with Gasteiger partial charge >= 0.3 is 5.97 Å². The van der Waals surface area contributed by atoms with Gasteiger partial charge in [-0.25, -0.2) is 9.18 Å². The molecule has 1 rings (SSSR count). The van der Waals surface area contributed by atoms with Crippen LogP contribution in [0.3, 0.4) is 0 Å². The zero-order valence-corrected chi connectivity index (χ0v) is 11.2. The number of hydrogen-bond donors (Lipinski definition) is 2. The van der Waals surface area contributed by atoms with Crippen LogP contribution in [0, 0.1) is 5.82 Å². The van der Waals surface area contributed by atoms with Gasteiger partial charge in [0.25, 0.3) is 0 Å². The second kappa shape index (κ2) is 7.09. The van der Waals surface area contributed by atoms with Crippen LogP contribution in [0.15, 0.2) is 18.2 Å². The lowest BCUT2D eigenvalue weighted by Crippen LogP contribution is -2.28. The third-order valence-corrected chi connectivity index (χ3v) is 2.68. The van der Waals surface area contributed by atoms with Gasteiger partial charge in [0.1, 0.15) is 0 Å². The lowest BCUT2D eigenvalue weighted by molar-refractivity contribution is -0.145. The fourth-order valence-corrected chi connectivity index (χ4v) is 1.83. The van der Waals surface area contributed by atoms with Gasteiger partial charge in [-0.05, 0) is 31.4 Å². The number of carbonyl (C=O) groups is 1. The molecular formula is C14H20FNO3. The van der Waals surface area contributed by atoms with E-state index in [1.165, 1.54) is 6.07 Å². The number of benzene rings is 1. The monoisotopic (exact) mass is 269 g/mol. The van der Waals surface area contributed by atoms with Gasteiger partial charge in [0.15, 0.2) is 17.7 Å². The van der Waals surface area contributed by atoms with Crippen molar-refractivity contribution in [2.75, 3.05) is 0 Å². The molecule has 0 heterocycles. The van der Waals surface area contributed by atoms with Gasteiger partial charge in [0.2, 0.25) is 0 Å². The Morgan fingerprint density at radius 2 is 2.21 bits per heavy atom. The third-order valence-electron chi connectivity index (χ3n) is 2.68. The first kappa shape index (κ1) is 15.4. The summed E-state index contributed by atoms with van der Waals surface area (Å²) in [6.07, 6.45) is 0.384. The molecule has 0 fully saturated rings. The first-order valence-corrected chi connectivity index (χ1v) is 6.38. The Labute approximate surface area is 112 Å². The first-order chi connectivity index (χ1) is 8.95. The van der Waals surface area contributed by atoms with Gasteiger partial charge in [-0.1, -0.05) is 25.5 Å². The Morgan fingerprint density at radius 3 is 2.74 bits per heavy atom. The number of halogens is 1. The van der Waals surface area contributed by atoms with Crippen molar-refractivity contribution in [1.82, 2.24) is 0 Å². The minimum atomic E-state index is -1.09. The smallest absolute Gasteiger partial charge is 0.344 e. The molecule has 3 N–H and O–H groups in total. The molecule has 0 aliphatic heterocycles. The maximum atomic E-state index is 13.8. The lowest BCUT2D eigenvalue weighted by Gasteiger charge is -2.18. The number of ether oxygens (including phenoxy) is 1. The van der Waals surface area contributed by atoms with E-state index >= 15 is 0 Å². The minimum Gasteiger partial charge on any atom is -0.479 e. The van der Waals surface area contributed by atoms with Crippen LogP contribution in [0.25, 0.3) is 0 Å². The highest BCUT2D eigenvalue weighted by Crippen LogP contribution is 2.26. The van der Waals surface area contributed by atoms with E-state index in [-0.39, 0.29) is 11.8 Å². The van der Waals surface area contributed by atoms with Crippen LogP contribution in [-0.2, 0) is 11.2 Å². The van der Waals surface area contributed by atoms with Gasteiger partial charge in [-0.2, -0.15) is 0 Å². The highest BCUT2D eigenvalue weighted by atomic mass is 19.1. The van der Waals surface area contributed by atoms with Crippen molar-refractivity contribution in [2.45, 2.75) is 45.3 Å². The Morgan fingerprint density at radius 1 is 1.53 bits per heavy atom. The van der Waals surface area contributed by atoms with E-state index in [0.29, 0.717) is 24.8 Å². The summed E-state index contributed by atoms with van der Waals surface area (Å²) in [4.78, 5) is 11.1. The molecule has 19 heavy (non-hydrogen) atoms. The fraction of sp³-hybridized carbons (Fsp3) is 0.500. The molecule has 0 saturated heterocycles. The maximum Gasteiger partial charge on any atom is 0.344 e. The molecule has 1 aromatic rings. The SMILES string of the molecule is CCCC(Oc1c(F)cccc1CC(C)N)C(=O)O. The zero-order chi connectivity index (χ0) is 14.4. The molecule has 0 aromatic heterocycles. The predicted octanol–water partition coefficient (Wildman–Crippen LogP) is 2.35. The Balaban J connectivity index is 3.00. The average Bonchev–Trinajstić information content (AvgIpc) is 2.31. The van der Waals surface area contributed by atoms with Gasteiger partial charge < -0.3 is 15.6 Å². The quantitative estimate of drug-likeness (QED) is 0.797. The summed E-state index contributed by atoms with van der Waals surface area (Å²) in [6, 6.07) is 4.37. The summed E-state index contributed by atoms with van der Waals surface area (Å²) in [5, 5.41) is 9.06. The molecule has 0 amide bonds. The van der Waals surface area contributed by atoms with Crippen molar-refractivity contribution in [3.63, 3.8) is 0 Å². The predicted molar refractivity (Wildman–Crippen MR) is 70.7 cm³/mol. The van der Waals surface area contributed by atoms with Crippen molar-refractivity contribution >= 4 is 5.97 Å². The van der Waals surface area contributed by atoms with Gasteiger partial charge in [0.05, 0.1) is 0 Å². The largest absolute Gasteiger partial charge is 0.479 e. The Bertz CT molecular complexity index is 435. The highest BCUT2D eigenvalue weighted by Gasteiger charge is 2.22. The van der Waals surface area contributed by atoms with Gasteiger partial charge in [-0.15, -0.1) is 0 Å². The highest BCUT2D eigenvalue weighted by molar-refractivity contribution is 5.72. The van der Waals surface area contributed by atoms with E-state index in [0.717, 1.165) is 0 Å². The normalized spacial score (nSPS) is 13.9. The second-order valence-electron chi connectivity index (χ2n) is 4.64. The van der Waals surface area contributed by atoms with E-state index < -0.39 is 17.9 Å². The number of hydrogen-bond acceptors (Lipinski definition) is 3. The lowest BCUT2D eigenvalue weighted by atomic mass is 10.1. The summed E-state index contributed by atoms with van der Waals surface area (Å²) in [6.45, 7) is 3.65. The molecule has 1 aromatic carbocycles. The average molecular weight is 269 g/mol. The van der Waals surface area contributed by atoms with Crippen LogP contribution in [0.5, 0.6) is 5.75 Å². The molecule has 2 atom stereocenters. The summed E-state index contributed by atoms with van der Waals surface area (Å²) < 4.78 is 19.2. The molecule has 0 spiro atoms. The standard InChI is InChI=1S/C14H20FNO3/c1-3-5-12(14(17)18)19-13-10(8-9(2)16)6-4-7-11(13)15/h4,6-7,9,12H,3,5,8,16H2,1-2H3,(H,17,18). The van der Waals surface area contributed by atoms with Crippen LogP contribution in [-0.4, -0.2) is 23.2 Å². The van der Waals surface area contributed by atoms with Crippen molar-refractivity contribution in [2.24, 2.45) is 5.73 Å². The molecule has 0 aliphatic carbocycles. The van der Waals surface area contributed by atoms with Crippen LogP contribution in [0.4, 0.5) is 4.39 Å². The van der Waals surface area contributed by atoms with Gasteiger partial charge in [-0.3, -0.25) is 0 Å². The van der Waals surface area contributed by atoms with Crippen molar-refractivity contribution < 1.29 is 19.0 Å². The maximum absolute atomic E-state index is 13.8. The van der Waals surface area contributed by atoms with Crippen LogP contribution in [0.1, 0.15) is 32.3 Å². The van der Waals surface area contributed by atoms with Gasteiger partial charge in [0, 0.05) is 6.04 Å². The number of carboxylic acid groups (broad SMARTS) is 1. The van der Waals surface area contributed by atoms with E-state index in [9.17, 15) is 9.18 Å². The topological polar surface area (TPSA) is 72.5 Å². The summed E-state index contributed by atoms with van der Waals surface area (Å²) >= 11 is 0. The van der Waals surface area contributed by atoms with Crippen LogP contribution >= 0.6 is 0 Å². The molecule has 4 nitrogen and oxygen atoms in total. The number of aliphatic carboxylic acids is 1. The third kappa shape index (κ3) is 4.52. The molecule has 5 heteroatoms. The van der Waals surface area contributed by atoms with Crippen molar-refractivity contribution in [3.8, 4) is 5.75 Å². The van der Waals surface area contributed by atoms with Crippen molar-refractivity contribution in [3.05, 3.63) is 29.6 Å². The molecule has 2 unspecified atom stereocenters. The second-order valence-corrected chi connectivity index (χ2v) is 4.64. The minimum absolute atomic E-state index is 0.000602. The fourth-order valence-electron chi connectivity index (χ4n) is 1.83. The number of carboxylic acids is 1. The first-order valence-electron chi connectivity index (χ1n) is 6.38. The van der Waals surface area contributed by atoms with Crippen LogP contribution in [0.2, 0.25) is 0 Å². The number of para-hydroxylation sites is 1. The summed E-state index contributed by atoms with van der Waals surface area (Å²) in [5.41, 5.74) is 6.29. The molecule has 0 saturated carbocycles. The Hall–Kier alpha value is -1.62. The molecule has 106 valence electrons. The van der Waals surface area contributed by atoms with E-state index in [4.69, 9.17) is 15.6 Å². The molecule has 0 bridgehead atoms. The summed E-state index contributed by atoms with van der Waals surface area (Å²) in [5.74, 6) is -1.64. The van der Waals surface area contributed by atoms with E-state index in [2.05, 4.69) is 0 Å². The Kier molecular flexibility index (Phi) is 5.76. The summed E-state index contributed by atoms with van der Waals surface area (Å²) in [7, 11) is 0. The zero-order valence-electron chi connectivity index (χ0n) is 11.2. The number of rotatable bonds is 7. The van der Waals surface area contributed by atoms with Crippen molar-refractivity contribution in [1.29, 1.82) is 0 Å².